The van der Waals surface area contributed by atoms with Gasteiger partial charge in [-0.3, -0.25) is 4.57 Å². The fraction of sp³-hybridized carbons (Fsp3) is 0.0492. The Morgan fingerprint density at radius 1 is 0.424 bits per heavy atom. The zero-order valence-electron chi connectivity index (χ0n) is 36.3. The van der Waals surface area contributed by atoms with Gasteiger partial charge in [0, 0.05) is 43.1 Å². The average Bonchev–Trinajstić information content (AvgIpc) is 4.10. The molecule has 0 saturated carbocycles. The normalized spacial score (nSPS) is 13.1. The topological polar surface area (TPSA) is 35.6 Å². The van der Waals surface area contributed by atoms with Crippen LogP contribution in [0.1, 0.15) is 25.0 Å². The average molecular weight is 861 g/mol. The molecule has 13 aromatic rings. The van der Waals surface area contributed by atoms with Crippen molar-refractivity contribution in [2.45, 2.75) is 19.3 Å². The van der Waals surface area contributed by atoms with Gasteiger partial charge in [0.1, 0.15) is 0 Å². The smallest absolute Gasteiger partial charge is 0.235 e. The number of benzene rings is 9. The summed E-state index contributed by atoms with van der Waals surface area (Å²) in [6.45, 7) is 4.69. The summed E-state index contributed by atoms with van der Waals surface area (Å²) in [5.41, 5.74) is 17.4. The minimum absolute atomic E-state index is 0.145. The fourth-order valence-corrected chi connectivity index (χ4v) is 12.1. The second-order valence-electron chi connectivity index (χ2n) is 18.2. The molecule has 0 spiro atoms. The molecular weight excluding hydrogens is 821 g/mol. The van der Waals surface area contributed by atoms with Gasteiger partial charge < -0.3 is 4.57 Å². The van der Waals surface area contributed by atoms with Crippen LogP contribution in [0.5, 0.6) is 0 Å². The van der Waals surface area contributed by atoms with Crippen molar-refractivity contribution in [1.82, 2.24) is 19.1 Å². The monoisotopic (exact) mass is 860 g/mol. The molecule has 5 heteroatoms. The van der Waals surface area contributed by atoms with Crippen molar-refractivity contribution in [3.05, 3.63) is 217 Å². The first-order valence-corrected chi connectivity index (χ1v) is 23.5. The van der Waals surface area contributed by atoms with Gasteiger partial charge in [-0.15, -0.1) is 11.3 Å². The van der Waals surface area contributed by atoms with Crippen LogP contribution >= 0.6 is 11.3 Å². The molecule has 66 heavy (non-hydrogen) atoms. The third-order valence-corrected chi connectivity index (χ3v) is 15.3. The highest BCUT2D eigenvalue weighted by atomic mass is 32.1. The Morgan fingerprint density at radius 2 is 1.09 bits per heavy atom. The molecule has 0 amide bonds. The number of nitrogens with zero attached hydrogens (tertiary/aromatic N) is 4. The molecular formula is C61H40N4S. The molecule has 0 atom stereocenters. The van der Waals surface area contributed by atoms with Crippen molar-refractivity contribution in [3.63, 3.8) is 0 Å². The van der Waals surface area contributed by atoms with Crippen molar-refractivity contribution in [2.75, 3.05) is 0 Å². The first kappa shape index (κ1) is 37.3. The molecule has 4 nitrogen and oxygen atoms in total. The lowest BCUT2D eigenvalue weighted by Crippen LogP contribution is -2.15. The summed E-state index contributed by atoms with van der Waals surface area (Å²) in [5, 5.41) is 7.19. The van der Waals surface area contributed by atoms with E-state index < -0.39 is 0 Å². The van der Waals surface area contributed by atoms with Crippen LogP contribution in [0.25, 0.3) is 120 Å². The summed E-state index contributed by atoms with van der Waals surface area (Å²) in [6, 6.07) is 75.3. The molecule has 0 bridgehead atoms. The van der Waals surface area contributed by atoms with Gasteiger partial charge in [0.2, 0.25) is 5.95 Å². The van der Waals surface area contributed by atoms with E-state index in [1.165, 1.54) is 81.8 Å². The van der Waals surface area contributed by atoms with Crippen LogP contribution in [0.4, 0.5) is 0 Å². The molecule has 4 heterocycles. The van der Waals surface area contributed by atoms with Crippen molar-refractivity contribution in [1.29, 1.82) is 0 Å². The van der Waals surface area contributed by atoms with E-state index in [9.17, 15) is 0 Å². The second kappa shape index (κ2) is 13.9. The number of hydrogen-bond acceptors (Lipinski definition) is 3. The highest BCUT2D eigenvalue weighted by Crippen LogP contribution is 2.50. The fourth-order valence-electron chi connectivity index (χ4n) is 11.0. The first-order chi connectivity index (χ1) is 32.5. The Morgan fingerprint density at radius 3 is 1.95 bits per heavy atom. The number of hydrogen-bond donors (Lipinski definition) is 0. The van der Waals surface area contributed by atoms with Gasteiger partial charge in [-0.1, -0.05) is 159 Å². The third-order valence-electron chi connectivity index (χ3n) is 14.1. The van der Waals surface area contributed by atoms with E-state index in [0.29, 0.717) is 5.95 Å². The predicted molar refractivity (Wildman–Crippen MR) is 277 cm³/mol. The van der Waals surface area contributed by atoms with Gasteiger partial charge in [-0.2, -0.15) is 0 Å². The summed E-state index contributed by atoms with van der Waals surface area (Å²) in [6.07, 6.45) is 0. The Kier molecular flexibility index (Phi) is 7.87. The summed E-state index contributed by atoms with van der Waals surface area (Å²) in [4.78, 5) is 12.4. The lowest BCUT2D eigenvalue weighted by atomic mass is 9.82. The largest absolute Gasteiger partial charge is 0.309 e. The number of aromatic nitrogens is 4. The van der Waals surface area contributed by atoms with Crippen molar-refractivity contribution < 1.29 is 0 Å². The Bertz CT molecular complexity index is 4130. The standard InChI is InChI=1S/C61H40N4S/c1-61(2)49-25-13-11-22-44(49)45-30-28-41(34-50(45)61)58-59-51(36-56(66-59)37-16-5-3-6-17-37)62-60(63-58)65-53-31-29-40(33-47(53)48-32-38-18-9-10-19-39(38)35-55(48)65)43-24-15-27-54-57(43)46-23-12-14-26-52(46)64(54)42-20-7-4-8-21-42/h3-36H,1-2H3. The van der Waals surface area contributed by atoms with Crippen molar-refractivity contribution in [3.8, 4) is 55.6 Å². The maximum atomic E-state index is 5.67. The van der Waals surface area contributed by atoms with Gasteiger partial charge in [-0.05, 0) is 110 Å². The van der Waals surface area contributed by atoms with E-state index in [4.69, 9.17) is 9.97 Å². The van der Waals surface area contributed by atoms with Crippen LogP contribution in [0.3, 0.4) is 0 Å². The Hall–Kier alpha value is -8.12. The number of para-hydroxylation sites is 2. The zero-order valence-corrected chi connectivity index (χ0v) is 37.1. The molecule has 1 aliphatic carbocycles. The number of fused-ring (bicyclic) bond motifs is 11. The summed E-state index contributed by atoms with van der Waals surface area (Å²) in [7, 11) is 0. The van der Waals surface area contributed by atoms with Crippen molar-refractivity contribution >= 4 is 75.9 Å². The van der Waals surface area contributed by atoms with E-state index in [-0.39, 0.29) is 5.41 Å². The predicted octanol–water partition coefficient (Wildman–Crippen LogP) is 16.3. The van der Waals surface area contributed by atoms with Gasteiger partial charge in [0.15, 0.2) is 0 Å². The lowest BCUT2D eigenvalue weighted by Gasteiger charge is -2.22. The molecule has 0 aliphatic heterocycles. The molecule has 14 rings (SSSR count). The van der Waals surface area contributed by atoms with E-state index in [2.05, 4.69) is 229 Å². The number of rotatable bonds is 5. The van der Waals surface area contributed by atoms with Gasteiger partial charge in [0.25, 0.3) is 0 Å². The van der Waals surface area contributed by atoms with Crippen LogP contribution in [0.2, 0.25) is 0 Å². The molecule has 310 valence electrons. The molecule has 1 aliphatic rings. The molecule has 4 aromatic heterocycles. The van der Waals surface area contributed by atoms with E-state index in [0.717, 1.165) is 43.6 Å². The summed E-state index contributed by atoms with van der Waals surface area (Å²) >= 11 is 1.77. The quantitative estimate of drug-likeness (QED) is 0.173. The summed E-state index contributed by atoms with van der Waals surface area (Å²) in [5.74, 6) is 0.661. The van der Waals surface area contributed by atoms with E-state index in [1.54, 1.807) is 11.3 Å². The molecule has 0 fully saturated rings. The Balaban J connectivity index is 1.03. The van der Waals surface area contributed by atoms with Gasteiger partial charge in [0.05, 0.1) is 38.0 Å². The molecule has 9 aromatic carbocycles. The lowest BCUT2D eigenvalue weighted by molar-refractivity contribution is 0.660. The number of thiophene rings is 1. The van der Waals surface area contributed by atoms with Crippen LogP contribution in [0.15, 0.2) is 206 Å². The van der Waals surface area contributed by atoms with Crippen LogP contribution in [-0.4, -0.2) is 19.1 Å². The summed E-state index contributed by atoms with van der Waals surface area (Å²) < 4.78 is 5.78. The SMILES string of the molecule is CC1(C)c2ccccc2-c2ccc(-c3nc(-n4c5ccc(-c6cccc7c6c6ccccc6n7-c6ccccc6)cc5c5cc6ccccc6cc54)nc4cc(-c5ccccc5)sc34)cc21. The minimum atomic E-state index is -0.145. The zero-order chi connectivity index (χ0) is 43.7. The first-order valence-electron chi connectivity index (χ1n) is 22.6. The molecule has 0 radical (unpaired) electrons. The maximum Gasteiger partial charge on any atom is 0.235 e. The van der Waals surface area contributed by atoms with Gasteiger partial charge >= 0.3 is 0 Å². The Labute approximate surface area is 385 Å². The highest BCUT2D eigenvalue weighted by molar-refractivity contribution is 7.22. The van der Waals surface area contributed by atoms with Crippen molar-refractivity contribution in [2.24, 2.45) is 0 Å². The van der Waals surface area contributed by atoms with Gasteiger partial charge in [-0.25, -0.2) is 9.97 Å². The van der Waals surface area contributed by atoms with Crippen LogP contribution < -0.4 is 0 Å². The third kappa shape index (κ3) is 5.38. The molecule has 0 N–H and O–H groups in total. The maximum absolute atomic E-state index is 5.67. The van der Waals surface area contributed by atoms with Crippen LogP contribution in [0, 0.1) is 0 Å². The molecule has 0 unspecified atom stereocenters. The van der Waals surface area contributed by atoms with Crippen LogP contribution in [-0.2, 0) is 5.41 Å². The van der Waals surface area contributed by atoms with E-state index >= 15 is 0 Å². The molecule has 0 saturated heterocycles. The van der Waals surface area contributed by atoms with E-state index in [1.807, 2.05) is 0 Å². The minimum Gasteiger partial charge on any atom is -0.309 e. The second-order valence-corrected chi connectivity index (χ2v) is 19.2. The highest BCUT2D eigenvalue weighted by Gasteiger charge is 2.35.